The number of hydrogen-bond acceptors (Lipinski definition) is 1. The standard InChI is InChI=1S/C20H41N/c1-6-9-10-11-14-20(12-7-2,13-8-3)16-18(4)15-19(5)17-21/h17-19,21H,6-16H2,1-5H3/t18?,19-/m0/s1. The Balaban J connectivity index is 4.62. The predicted octanol–water partition coefficient (Wildman–Crippen LogP) is 7.25. The summed E-state index contributed by atoms with van der Waals surface area (Å²) in [5.41, 5.74) is 0.582. The molecule has 1 unspecified atom stereocenters. The smallest absolute Gasteiger partial charge is 0.00194 e. The van der Waals surface area contributed by atoms with Crippen LogP contribution in [0.1, 0.15) is 105 Å². The maximum atomic E-state index is 7.43. The molecule has 0 heterocycles. The van der Waals surface area contributed by atoms with E-state index in [4.69, 9.17) is 5.41 Å². The quantitative estimate of drug-likeness (QED) is 0.258. The van der Waals surface area contributed by atoms with Gasteiger partial charge in [-0.3, -0.25) is 0 Å². The molecule has 0 fully saturated rings. The molecule has 0 aromatic rings. The van der Waals surface area contributed by atoms with Gasteiger partial charge in [0.05, 0.1) is 0 Å². The maximum absolute atomic E-state index is 7.43. The summed E-state index contributed by atoms with van der Waals surface area (Å²) in [7, 11) is 0. The van der Waals surface area contributed by atoms with E-state index in [-0.39, 0.29) is 0 Å². The van der Waals surface area contributed by atoms with Crippen molar-refractivity contribution in [1.82, 2.24) is 0 Å². The summed E-state index contributed by atoms with van der Waals surface area (Å²) in [5.74, 6) is 1.20. The highest BCUT2D eigenvalue weighted by atomic mass is 14.4. The Hall–Kier alpha value is -0.330. The highest BCUT2D eigenvalue weighted by Crippen LogP contribution is 2.42. The molecule has 0 saturated heterocycles. The van der Waals surface area contributed by atoms with E-state index in [1.807, 2.05) is 0 Å². The molecule has 0 amide bonds. The zero-order chi connectivity index (χ0) is 16.1. The second-order valence-electron chi connectivity index (χ2n) is 7.50. The number of unbranched alkanes of at least 4 members (excludes halogenated alkanes) is 3. The fraction of sp³-hybridized carbons (Fsp3) is 0.950. The van der Waals surface area contributed by atoms with Crippen molar-refractivity contribution in [3.05, 3.63) is 0 Å². The van der Waals surface area contributed by atoms with Crippen LogP contribution < -0.4 is 0 Å². The Morgan fingerprint density at radius 2 is 1.48 bits per heavy atom. The number of nitrogens with one attached hydrogen (secondary N) is 1. The van der Waals surface area contributed by atoms with Crippen LogP contribution in [0.3, 0.4) is 0 Å². The van der Waals surface area contributed by atoms with E-state index in [0.717, 1.165) is 5.92 Å². The first kappa shape index (κ1) is 20.7. The molecule has 0 rings (SSSR count). The molecule has 0 bridgehead atoms. The first-order valence-electron chi connectivity index (χ1n) is 9.54. The first-order chi connectivity index (χ1) is 10.0. The molecule has 1 heteroatoms. The average molecular weight is 296 g/mol. The van der Waals surface area contributed by atoms with Crippen LogP contribution in [-0.2, 0) is 0 Å². The number of hydrogen-bond donors (Lipinski definition) is 1. The van der Waals surface area contributed by atoms with Gasteiger partial charge in [-0.15, -0.1) is 0 Å². The van der Waals surface area contributed by atoms with Gasteiger partial charge in [0.15, 0.2) is 0 Å². The van der Waals surface area contributed by atoms with Crippen molar-refractivity contribution in [3.8, 4) is 0 Å². The van der Waals surface area contributed by atoms with Crippen LogP contribution in [0, 0.1) is 22.7 Å². The van der Waals surface area contributed by atoms with Gasteiger partial charge in [-0.2, -0.15) is 0 Å². The molecule has 0 saturated carbocycles. The van der Waals surface area contributed by atoms with Crippen LogP contribution in [-0.4, -0.2) is 6.21 Å². The van der Waals surface area contributed by atoms with E-state index in [2.05, 4.69) is 34.6 Å². The summed E-state index contributed by atoms with van der Waals surface area (Å²) in [6.07, 6.45) is 16.6. The third kappa shape index (κ3) is 9.32. The minimum Gasteiger partial charge on any atom is -0.313 e. The van der Waals surface area contributed by atoms with Gasteiger partial charge in [-0.1, -0.05) is 73.1 Å². The van der Waals surface area contributed by atoms with Gasteiger partial charge in [0.25, 0.3) is 0 Å². The van der Waals surface area contributed by atoms with E-state index >= 15 is 0 Å². The van der Waals surface area contributed by atoms with Gasteiger partial charge < -0.3 is 5.41 Å². The fourth-order valence-electron chi connectivity index (χ4n) is 4.19. The van der Waals surface area contributed by atoms with E-state index in [9.17, 15) is 0 Å². The summed E-state index contributed by atoms with van der Waals surface area (Å²) < 4.78 is 0. The second-order valence-corrected chi connectivity index (χ2v) is 7.50. The first-order valence-corrected chi connectivity index (χ1v) is 9.54. The van der Waals surface area contributed by atoms with E-state index in [0.29, 0.717) is 11.3 Å². The summed E-state index contributed by atoms with van der Waals surface area (Å²) in [6, 6.07) is 0. The molecule has 0 radical (unpaired) electrons. The van der Waals surface area contributed by atoms with Gasteiger partial charge in [0.2, 0.25) is 0 Å². The minimum absolute atomic E-state index is 0.445. The molecule has 1 N–H and O–H groups in total. The lowest BCUT2D eigenvalue weighted by Crippen LogP contribution is -2.24. The van der Waals surface area contributed by atoms with Gasteiger partial charge in [-0.05, 0) is 55.6 Å². The molecule has 21 heavy (non-hydrogen) atoms. The van der Waals surface area contributed by atoms with Crippen molar-refractivity contribution in [2.75, 3.05) is 0 Å². The summed E-state index contributed by atoms with van der Waals surface area (Å²) in [6.45, 7) is 11.6. The Bertz CT molecular complexity index is 240. The van der Waals surface area contributed by atoms with E-state index < -0.39 is 0 Å². The monoisotopic (exact) mass is 295 g/mol. The second kappa shape index (κ2) is 12.2. The van der Waals surface area contributed by atoms with Crippen molar-refractivity contribution in [3.63, 3.8) is 0 Å². The van der Waals surface area contributed by atoms with Crippen molar-refractivity contribution < 1.29 is 0 Å². The lowest BCUT2D eigenvalue weighted by molar-refractivity contribution is 0.152. The lowest BCUT2D eigenvalue weighted by Gasteiger charge is -2.37. The predicted molar refractivity (Wildman–Crippen MR) is 97.4 cm³/mol. The summed E-state index contributed by atoms with van der Waals surface area (Å²) in [5, 5.41) is 7.43. The SMILES string of the molecule is CCCCCCC(CCC)(CCC)CC(C)C[C@H](C)C=N. The zero-order valence-corrected chi connectivity index (χ0v) is 15.5. The van der Waals surface area contributed by atoms with Crippen LogP contribution in [0.25, 0.3) is 0 Å². The largest absolute Gasteiger partial charge is 0.313 e. The highest BCUT2D eigenvalue weighted by molar-refractivity contribution is 5.55. The molecule has 0 aliphatic heterocycles. The molecular weight excluding hydrogens is 254 g/mol. The molecule has 0 spiro atoms. The zero-order valence-electron chi connectivity index (χ0n) is 15.5. The van der Waals surface area contributed by atoms with E-state index in [1.165, 1.54) is 70.6 Å². The topological polar surface area (TPSA) is 23.9 Å². The third-order valence-corrected chi connectivity index (χ3v) is 4.96. The third-order valence-electron chi connectivity index (χ3n) is 4.96. The molecule has 0 aromatic carbocycles. The van der Waals surface area contributed by atoms with Gasteiger partial charge in [-0.25, -0.2) is 0 Å². The molecular formula is C20H41N. The molecule has 126 valence electrons. The molecule has 1 nitrogen and oxygen atoms in total. The van der Waals surface area contributed by atoms with Crippen LogP contribution >= 0.6 is 0 Å². The van der Waals surface area contributed by atoms with Gasteiger partial charge in [0.1, 0.15) is 0 Å². The highest BCUT2D eigenvalue weighted by Gasteiger charge is 2.29. The van der Waals surface area contributed by atoms with Crippen LogP contribution in [0.4, 0.5) is 0 Å². The van der Waals surface area contributed by atoms with Crippen molar-refractivity contribution in [1.29, 1.82) is 5.41 Å². The number of rotatable bonds is 14. The molecule has 0 aromatic heterocycles. The Morgan fingerprint density at radius 1 is 0.857 bits per heavy atom. The van der Waals surface area contributed by atoms with E-state index in [1.54, 1.807) is 6.21 Å². The maximum Gasteiger partial charge on any atom is -0.00194 e. The van der Waals surface area contributed by atoms with Crippen molar-refractivity contribution >= 4 is 6.21 Å². The molecule has 2 atom stereocenters. The minimum atomic E-state index is 0.445. The Kier molecular flexibility index (Phi) is 12.0. The lowest BCUT2D eigenvalue weighted by atomic mass is 9.69. The summed E-state index contributed by atoms with van der Waals surface area (Å²) >= 11 is 0. The van der Waals surface area contributed by atoms with Crippen molar-refractivity contribution in [2.45, 2.75) is 105 Å². The molecule has 0 aliphatic carbocycles. The normalized spacial score (nSPS) is 14.9. The van der Waals surface area contributed by atoms with Crippen LogP contribution in [0.15, 0.2) is 0 Å². The molecule has 0 aliphatic rings. The van der Waals surface area contributed by atoms with Crippen LogP contribution in [0.2, 0.25) is 0 Å². The Labute approximate surface area is 134 Å². The van der Waals surface area contributed by atoms with Crippen molar-refractivity contribution in [2.24, 2.45) is 17.3 Å². The summed E-state index contributed by atoms with van der Waals surface area (Å²) in [4.78, 5) is 0. The Morgan fingerprint density at radius 3 is 1.95 bits per heavy atom. The average Bonchev–Trinajstić information content (AvgIpc) is 2.44. The fourth-order valence-corrected chi connectivity index (χ4v) is 4.19. The van der Waals surface area contributed by atoms with Gasteiger partial charge >= 0.3 is 0 Å². The van der Waals surface area contributed by atoms with Crippen LogP contribution in [0.5, 0.6) is 0 Å². The van der Waals surface area contributed by atoms with Gasteiger partial charge in [0, 0.05) is 0 Å².